The predicted molar refractivity (Wildman–Crippen MR) is 110 cm³/mol. The Labute approximate surface area is 166 Å². The van der Waals surface area contributed by atoms with E-state index in [9.17, 15) is 4.79 Å². The topological polar surface area (TPSA) is 93.4 Å². The summed E-state index contributed by atoms with van der Waals surface area (Å²) in [5.74, 6) is 1.79. The van der Waals surface area contributed by atoms with Gasteiger partial charge in [-0.05, 0) is 37.1 Å². The van der Waals surface area contributed by atoms with Crippen LogP contribution >= 0.6 is 0 Å². The standard InChI is InChI=1S/C21H20N6O2/c1-29-14-7-4-6-13(12-14)18-25-19-15-8-2-3-9-16(15)23-21(27(19)26-18)24-17-10-5-11-22-20(17)28/h2-4,6-9,12,17H,5,10-11H2,1H3,(H,22,28)(H,23,24)/t17-/m1/s1. The molecule has 1 aliphatic heterocycles. The molecule has 1 aliphatic rings. The first kappa shape index (κ1) is 17.4. The summed E-state index contributed by atoms with van der Waals surface area (Å²) < 4.78 is 7.00. The molecule has 1 saturated heterocycles. The van der Waals surface area contributed by atoms with E-state index in [2.05, 4.69) is 10.6 Å². The maximum absolute atomic E-state index is 12.2. The molecule has 1 atom stereocenters. The number of anilines is 1. The number of hydrogen-bond acceptors (Lipinski definition) is 6. The van der Waals surface area contributed by atoms with Gasteiger partial charge in [-0.1, -0.05) is 24.3 Å². The van der Waals surface area contributed by atoms with Crippen molar-refractivity contribution >= 4 is 28.4 Å². The van der Waals surface area contributed by atoms with Crippen molar-refractivity contribution in [1.29, 1.82) is 0 Å². The SMILES string of the molecule is COc1cccc(-c2nc3c4ccccc4nc(N[C@@H]4CCCNC4=O)n3n2)c1. The van der Waals surface area contributed by atoms with Crippen molar-refractivity contribution in [3.63, 3.8) is 0 Å². The number of hydrogen-bond donors (Lipinski definition) is 2. The Morgan fingerprint density at radius 3 is 2.93 bits per heavy atom. The number of nitrogens with one attached hydrogen (secondary N) is 2. The van der Waals surface area contributed by atoms with E-state index in [4.69, 9.17) is 19.8 Å². The van der Waals surface area contributed by atoms with Gasteiger partial charge in [0.2, 0.25) is 11.9 Å². The summed E-state index contributed by atoms with van der Waals surface area (Å²) in [6, 6.07) is 15.1. The van der Waals surface area contributed by atoms with Gasteiger partial charge in [-0.25, -0.2) is 9.97 Å². The molecule has 8 nitrogen and oxygen atoms in total. The molecular weight excluding hydrogens is 368 g/mol. The van der Waals surface area contributed by atoms with Gasteiger partial charge in [-0.15, -0.1) is 5.10 Å². The van der Waals surface area contributed by atoms with Crippen LogP contribution in [0.5, 0.6) is 5.75 Å². The number of methoxy groups -OCH3 is 1. The first-order valence-corrected chi connectivity index (χ1v) is 9.57. The van der Waals surface area contributed by atoms with E-state index in [0.29, 0.717) is 24.0 Å². The monoisotopic (exact) mass is 388 g/mol. The number of para-hydroxylation sites is 1. The van der Waals surface area contributed by atoms with Crippen LogP contribution in [0.4, 0.5) is 5.95 Å². The third-order valence-electron chi connectivity index (χ3n) is 5.10. The summed E-state index contributed by atoms with van der Waals surface area (Å²) in [6.07, 6.45) is 1.67. The number of aromatic nitrogens is 4. The molecule has 2 aromatic heterocycles. The summed E-state index contributed by atoms with van der Waals surface area (Å²) in [5, 5.41) is 11.7. The molecule has 3 heterocycles. The van der Waals surface area contributed by atoms with E-state index in [1.54, 1.807) is 11.6 Å². The lowest BCUT2D eigenvalue weighted by molar-refractivity contribution is -0.123. The largest absolute Gasteiger partial charge is 0.497 e. The van der Waals surface area contributed by atoms with Gasteiger partial charge in [-0.3, -0.25) is 4.79 Å². The van der Waals surface area contributed by atoms with Gasteiger partial charge in [0.05, 0.1) is 12.6 Å². The summed E-state index contributed by atoms with van der Waals surface area (Å²) in [7, 11) is 1.63. The lowest BCUT2D eigenvalue weighted by Gasteiger charge is -2.23. The van der Waals surface area contributed by atoms with Crippen molar-refractivity contribution in [3.05, 3.63) is 48.5 Å². The Hall–Kier alpha value is -3.68. The van der Waals surface area contributed by atoms with Crippen LogP contribution in [0.1, 0.15) is 12.8 Å². The van der Waals surface area contributed by atoms with Crippen LogP contribution in [0.15, 0.2) is 48.5 Å². The average Bonchev–Trinajstić information content (AvgIpc) is 3.22. The van der Waals surface area contributed by atoms with Crippen LogP contribution in [0.3, 0.4) is 0 Å². The van der Waals surface area contributed by atoms with Crippen LogP contribution in [0, 0.1) is 0 Å². The van der Waals surface area contributed by atoms with Crippen molar-refractivity contribution in [2.45, 2.75) is 18.9 Å². The highest BCUT2D eigenvalue weighted by atomic mass is 16.5. The number of piperidine rings is 1. The first-order valence-electron chi connectivity index (χ1n) is 9.57. The third kappa shape index (κ3) is 3.12. The van der Waals surface area contributed by atoms with Crippen LogP contribution in [-0.4, -0.2) is 45.2 Å². The van der Waals surface area contributed by atoms with Gasteiger partial charge < -0.3 is 15.4 Å². The number of carbonyl (C=O) groups excluding carboxylic acids is 1. The number of nitrogens with zero attached hydrogens (tertiary/aromatic N) is 4. The van der Waals surface area contributed by atoms with Gasteiger partial charge in [0.25, 0.3) is 0 Å². The van der Waals surface area contributed by atoms with Gasteiger partial charge in [0, 0.05) is 17.5 Å². The van der Waals surface area contributed by atoms with Gasteiger partial charge in [0.15, 0.2) is 11.5 Å². The Morgan fingerprint density at radius 1 is 1.17 bits per heavy atom. The summed E-state index contributed by atoms with van der Waals surface area (Å²) in [4.78, 5) is 21.7. The van der Waals surface area contributed by atoms with E-state index in [-0.39, 0.29) is 11.9 Å². The Kier molecular flexibility index (Phi) is 4.23. The van der Waals surface area contributed by atoms with Crippen molar-refractivity contribution in [2.24, 2.45) is 0 Å². The molecule has 1 amide bonds. The van der Waals surface area contributed by atoms with E-state index >= 15 is 0 Å². The number of ether oxygens (including phenoxy) is 1. The fourth-order valence-corrected chi connectivity index (χ4v) is 3.60. The molecule has 29 heavy (non-hydrogen) atoms. The zero-order valence-corrected chi connectivity index (χ0v) is 15.9. The Bertz CT molecular complexity index is 1220. The first-order chi connectivity index (χ1) is 14.2. The van der Waals surface area contributed by atoms with Crippen molar-refractivity contribution < 1.29 is 9.53 Å². The molecule has 0 aliphatic carbocycles. The van der Waals surface area contributed by atoms with E-state index in [0.717, 1.165) is 35.1 Å². The normalized spacial score (nSPS) is 16.7. The molecule has 0 spiro atoms. The molecule has 0 radical (unpaired) electrons. The fraction of sp³-hybridized carbons (Fsp3) is 0.238. The van der Waals surface area contributed by atoms with Crippen molar-refractivity contribution in [3.8, 4) is 17.1 Å². The minimum absolute atomic E-state index is 0.0208. The van der Waals surface area contributed by atoms with Crippen LogP contribution in [-0.2, 0) is 4.79 Å². The van der Waals surface area contributed by atoms with Crippen molar-refractivity contribution in [2.75, 3.05) is 19.0 Å². The summed E-state index contributed by atoms with van der Waals surface area (Å²) in [6.45, 7) is 0.709. The highest BCUT2D eigenvalue weighted by molar-refractivity contribution is 5.93. The third-order valence-corrected chi connectivity index (χ3v) is 5.10. The molecule has 8 heteroatoms. The molecule has 5 rings (SSSR count). The van der Waals surface area contributed by atoms with Gasteiger partial charge in [0.1, 0.15) is 11.8 Å². The zero-order chi connectivity index (χ0) is 19.8. The number of fused-ring (bicyclic) bond motifs is 3. The number of benzene rings is 2. The summed E-state index contributed by atoms with van der Waals surface area (Å²) >= 11 is 0. The minimum atomic E-state index is -0.343. The maximum atomic E-state index is 12.2. The number of carbonyl (C=O) groups is 1. The number of rotatable bonds is 4. The lowest BCUT2D eigenvalue weighted by atomic mass is 10.1. The Morgan fingerprint density at radius 2 is 2.07 bits per heavy atom. The molecule has 0 saturated carbocycles. The second kappa shape index (κ2) is 7.05. The molecule has 146 valence electrons. The van der Waals surface area contributed by atoms with E-state index in [1.807, 2.05) is 48.5 Å². The molecule has 2 aromatic carbocycles. The van der Waals surface area contributed by atoms with Gasteiger partial charge in [-0.2, -0.15) is 4.52 Å². The van der Waals surface area contributed by atoms with E-state index in [1.165, 1.54) is 0 Å². The average molecular weight is 388 g/mol. The van der Waals surface area contributed by atoms with Crippen molar-refractivity contribution in [1.82, 2.24) is 24.9 Å². The highest BCUT2D eigenvalue weighted by Crippen LogP contribution is 2.26. The zero-order valence-electron chi connectivity index (χ0n) is 15.9. The predicted octanol–water partition coefficient (Wildman–Crippen LogP) is 2.64. The van der Waals surface area contributed by atoms with E-state index < -0.39 is 0 Å². The van der Waals surface area contributed by atoms with Crippen LogP contribution in [0.25, 0.3) is 27.9 Å². The maximum Gasteiger partial charge on any atom is 0.242 e. The van der Waals surface area contributed by atoms with Crippen LogP contribution in [0.2, 0.25) is 0 Å². The minimum Gasteiger partial charge on any atom is -0.497 e. The molecular formula is C21H20N6O2. The number of amides is 1. The molecule has 4 aromatic rings. The Balaban J connectivity index is 1.67. The lowest BCUT2D eigenvalue weighted by Crippen LogP contribution is -2.44. The second-order valence-corrected chi connectivity index (χ2v) is 6.99. The molecule has 0 unspecified atom stereocenters. The molecule has 1 fully saturated rings. The highest BCUT2D eigenvalue weighted by Gasteiger charge is 2.24. The fourth-order valence-electron chi connectivity index (χ4n) is 3.60. The van der Waals surface area contributed by atoms with Crippen LogP contribution < -0.4 is 15.4 Å². The summed E-state index contributed by atoms with van der Waals surface area (Å²) in [5.41, 5.74) is 2.33. The quantitative estimate of drug-likeness (QED) is 0.558. The molecule has 2 N–H and O–H groups in total. The smallest absolute Gasteiger partial charge is 0.242 e. The van der Waals surface area contributed by atoms with Gasteiger partial charge >= 0.3 is 0 Å². The second-order valence-electron chi connectivity index (χ2n) is 6.99. The molecule has 0 bridgehead atoms.